The van der Waals surface area contributed by atoms with E-state index in [-0.39, 0.29) is 11.8 Å². The highest BCUT2D eigenvalue weighted by Crippen LogP contribution is 2.09. The molecule has 0 aromatic carbocycles. The first-order valence-corrected chi connectivity index (χ1v) is 6.69. The molecule has 0 saturated carbocycles. The summed E-state index contributed by atoms with van der Waals surface area (Å²) in [5.41, 5.74) is 4.79. The van der Waals surface area contributed by atoms with Crippen LogP contribution in [-0.4, -0.2) is 24.1 Å². The van der Waals surface area contributed by atoms with E-state index in [0.717, 1.165) is 19.3 Å². The summed E-state index contributed by atoms with van der Waals surface area (Å²) >= 11 is 0. The number of alkyl carbamates (subject to hydrolysis) is 1. The zero-order valence-corrected chi connectivity index (χ0v) is 12.4. The average molecular weight is 270 g/mol. The Bertz CT molecular complexity index is 319. The third-order valence-electron chi connectivity index (χ3n) is 2.37. The van der Waals surface area contributed by atoms with Crippen LogP contribution >= 0.6 is 0 Å². The third kappa shape index (κ3) is 10.1. The van der Waals surface area contributed by atoms with Crippen molar-refractivity contribution in [3.63, 3.8) is 0 Å². The summed E-state index contributed by atoms with van der Waals surface area (Å²) in [6, 6.07) is 0. The fourth-order valence-electron chi connectivity index (χ4n) is 1.45. The SMILES string of the molecule is CCCC[C@H](/C=C/CNC(=O)OC(C)(C)C)C(N)=O. The van der Waals surface area contributed by atoms with Gasteiger partial charge in [-0.15, -0.1) is 0 Å². The van der Waals surface area contributed by atoms with E-state index in [4.69, 9.17) is 10.5 Å². The highest BCUT2D eigenvalue weighted by Gasteiger charge is 2.15. The smallest absolute Gasteiger partial charge is 0.407 e. The molecule has 0 rings (SSSR count). The van der Waals surface area contributed by atoms with Gasteiger partial charge in [0.05, 0.1) is 5.92 Å². The second-order valence-corrected chi connectivity index (χ2v) is 5.46. The molecule has 0 aromatic rings. The standard InChI is InChI=1S/C14H26N2O3/c1-5-6-8-11(12(15)17)9-7-10-16-13(18)19-14(2,3)4/h7,9,11H,5-6,8,10H2,1-4H3,(H2,15,17)(H,16,18)/b9-7+/t11-/m1/s1. The highest BCUT2D eigenvalue weighted by molar-refractivity contribution is 5.78. The van der Waals surface area contributed by atoms with Gasteiger partial charge in [-0.2, -0.15) is 0 Å². The fraction of sp³-hybridized carbons (Fsp3) is 0.714. The first-order chi connectivity index (χ1) is 8.76. The number of ether oxygens (including phenoxy) is 1. The number of nitrogens with one attached hydrogen (secondary N) is 1. The van der Waals surface area contributed by atoms with E-state index in [1.165, 1.54) is 0 Å². The van der Waals surface area contributed by atoms with Gasteiger partial charge >= 0.3 is 6.09 Å². The average Bonchev–Trinajstić information content (AvgIpc) is 2.25. The molecule has 0 aliphatic rings. The molecule has 5 heteroatoms. The first-order valence-electron chi connectivity index (χ1n) is 6.69. The molecule has 0 heterocycles. The van der Waals surface area contributed by atoms with Crippen molar-refractivity contribution in [1.82, 2.24) is 5.32 Å². The van der Waals surface area contributed by atoms with Crippen LogP contribution in [0.1, 0.15) is 47.0 Å². The highest BCUT2D eigenvalue weighted by atomic mass is 16.6. The molecule has 1 atom stereocenters. The Morgan fingerprint density at radius 3 is 2.47 bits per heavy atom. The molecule has 19 heavy (non-hydrogen) atoms. The summed E-state index contributed by atoms with van der Waals surface area (Å²) in [4.78, 5) is 22.5. The van der Waals surface area contributed by atoms with Gasteiger partial charge in [0.2, 0.25) is 5.91 Å². The van der Waals surface area contributed by atoms with Gasteiger partial charge in [-0.3, -0.25) is 4.79 Å². The van der Waals surface area contributed by atoms with Gasteiger partial charge in [-0.1, -0.05) is 31.9 Å². The maximum absolute atomic E-state index is 11.4. The van der Waals surface area contributed by atoms with Crippen LogP contribution in [0.5, 0.6) is 0 Å². The Kier molecular flexibility index (Phi) is 7.87. The molecule has 5 nitrogen and oxygen atoms in total. The van der Waals surface area contributed by atoms with Crippen LogP contribution in [0.25, 0.3) is 0 Å². The maximum Gasteiger partial charge on any atom is 0.407 e. The van der Waals surface area contributed by atoms with Gasteiger partial charge in [-0.05, 0) is 27.2 Å². The van der Waals surface area contributed by atoms with Gasteiger partial charge in [0.25, 0.3) is 0 Å². The fourth-order valence-corrected chi connectivity index (χ4v) is 1.45. The van der Waals surface area contributed by atoms with E-state index < -0.39 is 11.7 Å². The number of hydrogen-bond donors (Lipinski definition) is 2. The maximum atomic E-state index is 11.4. The normalized spacial score (nSPS) is 13.3. The molecule has 110 valence electrons. The van der Waals surface area contributed by atoms with Crippen LogP contribution in [0.2, 0.25) is 0 Å². The number of rotatable bonds is 7. The largest absolute Gasteiger partial charge is 0.444 e. The molecule has 0 fully saturated rings. The second kappa shape index (κ2) is 8.56. The van der Waals surface area contributed by atoms with Crippen LogP contribution in [0, 0.1) is 5.92 Å². The van der Waals surface area contributed by atoms with Gasteiger partial charge in [-0.25, -0.2) is 4.79 Å². The number of amides is 2. The molecule has 0 aromatic heterocycles. The van der Waals surface area contributed by atoms with Crippen molar-refractivity contribution in [1.29, 1.82) is 0 Å². The van der Waals surface area contributed by atoms with Crippen LogP contribution in [0.4, 0.5) is 4.79 Å². The van der Waals surface area contributed by atoms with E-state index in [1.807, 2.05) is 0 Å². The van der Waals surface area contributed by atoms with E-state index in [2.05, 4.69) is 12.2 Å². The molecular formula is C14H26N2O3. The predicted octanol–water partition coefficient (Wildman–Crippen LogP) is 2.36. The molecule has 0 bridgehead atoms. The molecule has 3 N–H and O–H groups in total. The van der Waals surface area contributed by atoms with Crippen LogP contribution in [0.15, 0.2) is 12.2 Å². The van der Waals surface area contributed by atoms with Crippen molar-refractivity contribution in [2.75, 3.05) is 6.54 Å². The minimum atomic E-state index is -0.509. The van der Waals surface area contributed by atoms with Crippen LogP contribution in [0.3, 0.4) is 0 Å². The van der Waals surface area contributed by atoms with E-state index in [0.29, 0.717) is 6.54 Å². The Morgan fingerprint density at radius 1 is 1.37 bits per heavy atom. The van der Waals surface area contributed by atoms with Gasteiger partial charge in [0.1, 0.15) is 5.60 Å². The van der Waals surface area contributed by atoms with Crippen LogP contribution in [-0.2, 0) is 9.53 Å². The molecule has 0 unspecified atom stereocenters. The summed E-state index contributed by atoms with van der Waals surface area (Å²) in [7, 11) is 0. The molecule has 0 saturated heterocycles. The summed E-state index contributed by atoms with van der Waals surface area (Å²) in [5, 5.41) is 2.59. The lowest BCUT2D eigenvalue weighted by molar-refractivity contribution is -0.120. The lowest BCUT2D eigenvalue weighted by atomic mass is 10.0. The molecule has 0 spiro atoms. The van der Waals surface area contributed by atoms with Gasteiger partial charge < -0.3 is 15.8 Å². The summed E-state index contributed by atoms with van der Waals surface area (Å²) in [5.74, 6) is -0.595. The molecule has 0 radical (unpaired) electrons. The topological polar surface area (TPSA) is 81.4 Å². The predicted molar refractivity (Wildman–Crippen MR) is 75.6 cm³/mol. The Labute approximate surface area is 115 Å². The summed E-state index contributed by atoms with van der Waals surface area (Å²) in [6.07, 6.45) is 5.73. The van der Waals surface area contributed by atoms with Crippen molar-refractivity contribution < 1.29 is 14.3 Å². The number of carbonyl (C=O) groups is 2. The summed E-state index contributed by atoms with van der Waals surface area (Å²) in [6.45, 7) is 7.79. The van der Waals surface area contributed by atoms with E-state index in [9.17, 15) is 9.59 Å². The monoisotopic (exact) mass is 270 g/mol. The minimum Gasteiger partial charge on any atom is -0.444 e. The second-order valence-electron chi connectivity index (χ2n) is 5.46. The molecule has 0 aliphatic heterocycles. The quantitative estimate of drug-likeness (QED) is 0.697. The van der Waals surface area contributed by atoms with Gasteiger partial charge in [0, 0.05) is 6.54 Å². The summed E-state index contributed by atoms with van der Waals surface area (Å²) < 4.78 is 5.08. The Morgan fingerprint density at radius 2 is 2.00 bits per heavy atom. The van der Waals surface area contributed by atoms with Crippen molar-refractivity contribution in [2.24, 2.45) is 11.7 Å². The zero-order valence-electron chi connectivity index (χ0n) is 12.4. The van der Waals surface area contributed by atoms with Crippen molar-refractivity contribution in [2.45, 2.75) is 52.6 Å². The van der Waals surface area contributed by atoms with Crippen molar-refractivity contribution >= 4 is 12.0 Å². The van der Waals surface area contributed by atoms with Crippen LogP contribution < -0.4 is 11.1 Å². The first kappa shape index (κ1) is 17.5. The lowest BCUT2D eigenvalue weighted by Gasteiger charge is -2.19. The Balaban J connectivity index is 4.05. The Hall–Kier alpha value is -1.52. The van der Waals surface area contributed by atoms with Gasteiger partial charge in [0.15, 0.2) is 0 Å². The zero-order chi connectivity index (χ0) is 14.9. The lowest BCUT2D eigenvalue weighted by Crippen LogP contribution is -2.32. The number of unbranched alkanes of at least 4 members (excludes halogenated alkanes) is 1. The number of carbonyl (C=O) groups excluding carboxylic acids is 2. The third-order valence-corrected chi connectivity index (χ3v) is 2.37. The molecular weight excluding hydrogens is 244 g/mol. The number of nitrogens with two attached hydrogens (primary N) is 1. The van der Waals surface area contributed by atoms with E-state index in [1.54, 1.807) is 32.9 Å². The molecule has 2 amide bonds. The van der Waals surface area contributed by atoms with E-state index >= 15 is 0 Å². The number of primary amides is 1. The number of hydrogen-bond acceptors (Lipinski definition) is 3. The van der Waals surface area contributed by atoms with Crippen molar-refractivity contribution in [3.8, 4) is 0 Å². The molecule has 0 aliphatic carbocycles. The minimum absolute atomic E-state index is 0.264. The van der Waals surface area contributed by atoms with Crippen molar-refractivity contribution in [3.05, 3.63) is 12.2 Å².